The Hall–Kier alpha value is -3.19. The van der Waals surface area contributed by atoms with E-state index in [4.69, 9.17) is 19.4 Å². The van der Waals surface area contributed by atoms with Crippen molar-refractivity contribution < 1.29 is 14.3 Å². The molecule has 2 aromatic carbocycles. The van der Waals surface area contributed by atoms with E-state index in [1.54, 1.807) is 7.11 Å². The van der Waals surface area contributed by atoms with E-state index in [1.165, 1.54) is 0 Å². The monoisotopic (exact) mass is 478 g/mol. The van der Waals surface area contributed by atoms with Gasteiger partial charge in [-0.1, -0.05) is 26.0 Å². The lowest BCUT2D eigenvalue weighted by molar-refractivity contribution is -0.155. The smallest absolute Gasteiger partial charge is 0.311 e. The van der Waals surface area contributed by atoms with Gasteiger partial charge >= 0.3 is 5.97 Å². The van der Waals surface area contributed by atoms with Crippen molar-refractivity contribution in [2.45, 2.75) is 47.6 Å². The molecule has 0 saturated heterocycles. The second-order valence-corrected chi connectivity index (χ2v) is 10.3. The average molecular weight is 479 g/mol. The molecule has 7 nitrogen and oxygen atoms in total. The second-order valence-electron chi connectivity index (χ2n) is 10.3. The number of nitrogens with one attached hydrogen (secondary N) is 1. The van der Waals surface area contributed by atoms with Crippen LogP contribution in [0.3, 0.4) is 0 Å². The van der Waals surface area contributed by atoms with E-state index in [1.807, 2.05) is 76.3 Å². The van der Waals surface area contributed by atoms with Gasteiger partial charge in [-0.15, -0.1) is 0 Å². The Morgan fingerprint density at radius 2 is 1.71 bits per heavy atom. The SMILES string of the molecule is CCOC(=O)C(C)(C)CC(C)(C)CNCc1nc(N(C)c2ccc(OC)cc2)c2ccccc2n1. The highest BCUT2D eigenvalue weighted by Crippen LogP contribution is 2.34. The fraction of sp³-hybridized carbons (Fsp3) is 0.464. The van der Waals surface area contributed by atoms with Crippen LogP contribution >= 0.6 is 0 Å². The zero-order valence-electron chi connectivity index (χ0n) is 22.0. The first-order valence-corrected chi connectivity index (χ1v) is 12.1. The van der Waals surface area contributed by atoms with Gasteiger partial charge in [0.25, 0.3) is 0 Å². The van der Waals surface area contributed by atoms with Crippen molar-refractivity contribution in [3.8, 4) is 5.75 Å². The predicted octanol–water partition coefficient (Wildman–Crippen LogP) is 5.50. The Morgan fingerprint density at radius 3 is 2.37 bits per heavy atom. The van der Waals surface area contributed by atoms with Crippen molar-refractivity contribution in [2.75, 3.05) is 32.2 Å². The first-order chi connectivity index (χ1) is 16.6. The Bertz CT molecular complexity index is 1140. The number of fused-ring (bicyclic) bond motifs is 1. The van der Waals surface area contributed by atoms with Crippen molar-refractivity contribution in [1.82, 2.24) is 15.3 Å². The minimum atomic E-state index is -0.547. The van der Waals surface area contributed by atoms with Crippen LogP contribution in [-0.2, 0) is 16.1 Å². The molecule has 3 aromatic rings. The van der Waals surface area contributed by atoms with Crippen LogP contribution in [0.4, 0.5) is 11.5 Å². The molecular weight excluding hydrogens is 440 g/mol. The lowest BCUT2D eigenvalue weighted by Gasteiger charge is -2.33. The highest BCUT2D eigenvalue weighted by Gasteiger charge is 2.35. The number of anilines is 2. The van der Waals surface area contributed by atoms with E-state index < -0.39 is 5.41 Å². The van der Waals surface area contributed by atoms with E-state index in [0.29, 0.717) is 19.6 Å². The van der Waals surface area contributed by atoms with Gasteiger partial charge in [0.2, 0.25) is 0 Å². The van der Waals surface area contributed by atoms with Gasteiger partial charge < -0.3 is 19.7 Å². The van der Waals surface area contributed by atoms with E-state index in [2.05, 4.69) is 24.1 Å². The number of para-hydroxylation sites is 1. The topological polar surface area (TPSA) is 76.6 Å². The molecule has 0 aliphatic carbocycles. The maximum atomic E-state index is 12.3. The number of aromatic nitrogens is 2. The fourth-order valence-corrected chi connectivity index (χ4v) is 4.54. The summed E-state index contributed by atoms with van der Waals surface area (Å²) in [6, 6.07) is 16.0. The van der Waals surface area contributed by atoms with Crippen LogP contribution in [0.5, 0.6) is 5.75 Å². The third kappa shape index (κ3) is 6.69. The van der Waals surface area contributed by atoms with Crippen LogP contribution < -0.4 is 15.0 Å². The Balaban J connectivity index is 1.77. The number of methoxy groups -OCH3 is 1. The van der Waals surface area contributed by atoms with Gasteiger partial charge in [-0.05, 0) is 69.0 Å². The number of carbonyl (C=O) groups is 1. The van der Waals surface area contributed by atoms with Crippen LogP contribution in [0.15, 0.2) is 48.5 Å². The van der Waals surface area contributed by atoms with Crippen LogP contribution in [-0.4, -0.2) is 43.2 Å². The molecule has 188 valence electrons. The average Bonchev–Trinajstić information content (AvgIpc) is 2.82. The van der Waals surface area contributed by atoms with Crippen molar-refractivity contribution >= 4 is 28.4 Å². The van der Waals surface area contributed by atoms with Crippen LogP contribution in [0.2, 0.25) is 0 Å². The van der Waals surface area contributed by atoms with Crippen molar-refractivity contribution in [1.29, 1.82) is 0 Å². The summed E-state index contributed by atoms with van der Waals surface area (Å²) in [7, 11) is 3.67. The molecule has 0 fully saturated rings. The third-order valence-electron chi connectivity index (χ3n) is 6.04. The molecule has 3 rings (SSSR count). The molecule has 1 N–H and O–H groups in total. The molecule has 7 heteroatoms. The molecule has 0 amide bonds. The fourth-order valence-electron chi connectivity index (χ4n) is 4.54. The standard InChI is InChI=1S/C28H38N4O3/c1-8-35-26(33)28(4,5)18-27(2,3)19-29-17-24-30-23-12-10-9-11-22(23)25(31-24)32(6)20-13-15-21(34-7)16-14-20/h9-16,29H,8,17-19H2,1-7H3. The van der Waals surface area contributed by atoms with Crippen molar-refractivity contribution in [3.63, 3.8) is 0 Å². The lowest BCUT2D eigenvalue weighted by atomic mass is 9.75. The number of carbonyl (C=O) groups excluding carboxylic acids is 1. The van der Waals surface area contributed by atoms with Gasteiger partial charge in [0, 0.05) is 24.7 Å². The molecular formula is C28H38N4O3. The zero-order valence-corrected chi connectivity index (χ0v) is 22.0. The van der Waals surface area contributed by atoms with E-state index >= 15 is 0 Å². The molecule has 0 saturated carbocycles. The van der Waals surface area contributed by atoms with Gasteiger partial charge in [-0.3, -0.25) is 4.79 Å². The van der Waals surface area contributed by atoms with Gasteiger partial charge in [-0.25, -0.2) is 9.97 Å². The van der Waals surface area contributed by atoms with Crippen molar-refractivity contribution in [2.24, 2.45) is 10.8 Å². The largest absolute Gasteiger partial charge is 0.497 e. The quantitative estimate of drug-likeness (QED) is 0.365. The summed E-state index contributed by atoms with van der Waals surface area (Å²) in [5.41, 5.74) is 1.25. The third-order valence-corrected chi connectivity index (χ3v) is 6.04. The number of hydrogen-bond acceptors (Lipinski definition) is 7. The Morgan fingerprint density at radius 1 is 1.03 bits per heavy atom. The summed E-state index contributed by atoms with van der Waals surface area (Å²) in [5, 5.41) is 4.50. The zero-order chi connectivity index (χ0) is 25.6. The summed E-state index contributed by atoms with van der Waals surface area (Å²) in [6.45, 7) is 11.7. The van der Waals surface area contributed by atoms with E-state index in [9.17, 15) is 4.79 Å². The van der Waals surface area contributed by atoms with Crippen LogP contribution in [0.1, 0.15) is 46.9 Å². The van der Waals surface area contributed by atoms with E-state index in [0.717, 1.165) is 40.5 Å². The van der Waals surface area contributed by atoms with Crippen LogP contribution in [0.25, 0.3) is 10.9 Å². The molecule has 0 spiro atoms. The maximum Gasteiger partial charge on any atom is 0.311 e. The minimum Gasteiger partial charge on any atom is -0.497 e. The number of benzene rings is 2. The second kappa shape index (κ2) is 11.0. The number of nitrogens with zero attached hydrogens (tertiary/aromatic N) is 3. The highest BCUT2D eigenvalue weighted by atomic mass is 16.5. The molecule has 1 aromatic heterocycles. The minimum absolute atomic E-state index is 0.115. The predicted molar refractivity (Wildman–Crippen MR) is 141 cm³/mol. The molecule has 1 heterocycles. The van der Waals surface area contributed by atoms with E-state index in [-0.39, 0.29) is 11.4 Å². The Kier molecular flexibility index (Phi) is 8.33. The molecule has 0 bridgehead atoms. The first kappa shape index (κ1) is 26.4. The van der Waals surface area contributed by atoms with Gasteiger partial charge in [0.1, 0.15) is 17.4 Å². The number of esters is 1. The summed E-state index contributed by atoms with van der Waals surface area (Å²) < 4.78 is 10.6. The van der Waals surface area contributed by atoms with Gasteiger partial charge in [-0.2, -0.15) is 0 Å². The molecule has 0 unspecified atom stereocenters. The van der Waals surface area contributed by atoms with Crippen molar-refractivity contribution in [3.05, 3.63) is 54.4 Å². The number of hydrogen-bond donors (Lipinski definition) is 1. The first-order valence-electron chi connectivity index (χ1n) is 12.1. The lowest BCUT2D eigenvalue weighted by Crippen LogP contribution is -2.37. The molecule has 35 heavy (non-hydrogen) atoms. The van der Waals surface area contributed by atoms with Gasteiger partial charge in [0.15, 0.2) is 0 Å². The molecule has 0 radical (unpaired) electrons. The molecule has 0 aliphatic heterocycles. The summed E-state index contributed by atoms with van der Waals surface area (Å²) in [4.78, 5) is 24.1. The summed E-state index contributed by atoms with van der Waals surface area (Å²) in [6.07, 6.45) is 0.704. The van der Waals surface area contributed by atoms with Crippen LogP contribution in [0, 0.1) is 10.8 Å². The number of rotatable bonds is 11. The normalized spacial score (nSPS) is 12.0. The molecule has 0 atom stereocenters. The Labute approximate surface area is 208 Å². The number of ether oxygens (including phenoxy) is 2. The maximum absolute atomic E-state index is 12.3. The summed E-state index contributed by atoms with van der Waals surface area (Å²) in [5.74, 6) is 2.23. The summed E-state index contributed by atoms with van der Waals surface area (Å²) >= 11 is 0. The molecule has 0 aliphatic rings. The van der Waals surface area contributed by atoms with Gasteiger partial charge in [0.05, 0.1) is 31.2 Å². The highest BCUT2D eigenvalue weighted by molar-refractivity contribution is 5.91.